The zero-order valence-electron chi connectivity index (χ0n) is 12.6. The summed E-state index contributed by atoms with van der Waals surface area (Å²) in [5, 5.41) is 0.720. The third kappa shape index (κ3) is 3.48. The highest BCUT2D eigenvalue weighted by atomic mass is 127. The maximum absolute atomic E-state index is 6.02. The van der Waals surface area contributed by atoms with Crippen LogP contribution in [0.5, 0.6) is 0 Å². The highest BCUT2D eigenvalue weighted by Crippen LogP contribution is 2.26. The SMILES string of the molecule is C=Nc1ccc(Cn2cc(I)c3ncccc32)cc1/C=C(\C)Cl. The van der Waals surface area contributed by atoms with Crippen LogP contribution in [0.25, 0.3) is 17.1 Å². The Hall–Kier alpha value is -1.66. The van der Waals surface area contributed by atoms with Crippen molar-refractivity contribution in [1.29, 1.82) is 0 Å². The van der Waals surface area contributed by atoms with Gasteiger partial charge in [-0.25, -0.2) is 0 Å². The zero-order chi connectivity index (χ0) is 16.4. The molecule has 23 heavy (non-hydrogen) atoms. The van der Waals surface area contributed by atoms with Crippen molar-refractivity contribution < 1.29 is 0 Å². The lowest BCUT2D eigenvalue weighted by Crippen LogP contribution is -1.98. The maximum atomic E-state index is 6.02. The largest absolute Gasteiger partial charge is 0.341 e. The van der Waals surface area contributed by atoms with E-state index in [-0.39, 0.29) is 0 Å². The number of allylic oxidation sites excluding steroid dienone is 1. The van der Waals surface area contributed by atoms with Gasteiger partial charge < -0.3 is 4.57 Å². The summed E-state index contributed by atoms with van der Waals surface area (Å²) in [7, 11) is 0. The zero-order valence-corrected chi connectivity index (χ0v) is 15.5. The van der Waals surface area contributed by atoms with Crippen LogP contribution in [0.2, 0.25) is 0 Å². The van der Waals surface area contributed by atoms with Crippen LogP contribution in [0.1, 0.15) is 18.1 Å². The summed E-state index contributed by atoms with van der Waals surface area (Å²) in [5.74, 6) is 0. The first-order valence-corrected chi connectivity index (χ1v) is 8.57. The molecule has 0 fully saturated rings. The van der Waals surface area contributed by atoms with Gasteiger partial charge in [-0.2, -0.15) is 0 Å². The number of hydrogen-bond donors (Lipinski definition) is 0. The summed E-state index contributed by atoms with van der Waals surface area (Å²) in [5.41, 5.74) is 5.16. The van der Waals surface area contributed by atoms with Crippen molar-refractivity contribution in [2.75, 3.05) is 0 Å². The normalized spacial score (nSPS) is 11.9. The van der Waals surface area contributed by atoms with E-state index in [0.717, 1.165) is 37.4 Å². The molecule has 0 radical (unpaired) electrons. The average Bonchev–Trinajstić information content (AvgIpc) is 2.84. The van der Waals surface area contributed by atoms with Gasteiger partial charge >= 0.3 is 0 Å². The standard InChI is InChI=1S/C18H15ClIN3/c1-12(19)8-14-9-13(5-6-16(14)21-2)10-23-11-15(20)18-17(23)4-3-7-22-18/h3-9,11H,2,10H2,1H3/b12-8+. The van der Waals surface area contributed by atoms with E-state index in [4.69, 9.17) is 11.6 Å². The number of fused-ring (bicyclic) bond motifs is 1. The Bertz CT molecular complexity index is 908. The smallest absolute Gasteiger partial charge is 0.101 e. The first kappa shape index (κ1) is 16.2. The number of nitrogens with zero attached hydrogens (tertiary/aromatic N) is 3. The van der Waals surface area contributed by atoms with Gasteiger partial charge in [0.25, 0.3) is 0 Å². The average molecular weight is 436 g/mol. The Kier molecular flexibility index (Phi) is 4.82. The van der Waals surface area contributed by atoms with E-state index in [1.165, 1.54) is 5.56 Å². The molecule has 3 aromatic rings. The molecule has 2 aromatic heterocycles. The molecule has 0 aliphatic carbocycles. The van der Waals surface area contributed by atoms with Crippen LogP contribution in [0.15, 0.2) is 52.8 Å². The van der Waals surface area contributed by atoms with Gasteiger partial charge in [0.05, 0.1) is 14.8 Å². The molecule has 5 heteroatoms. The number of pyridine rings is 1. The molecule has 3 nitrogen and oxygen atoms in total. The molecule has 3 rings (SSSR count). The molecule has 116 valence electrons. The Morgan fingerprint density at radius 3 is 3.00 bits per heavy atom. The first-order valence-electron chi connectivity index (χ1n) is 7.11. The maximum Gasteiger partial charge on any atom is 0.101 e. The van der Waals surface area contributed by atoms with E-state index >= 15 is 0 Å². The first-order chi connectivity index (χ1) is 11.1. The van der Waals surface area contributed by atoms with E-state index in [0.29, 0.717) is 0 Å². The van der Waals surface area contributed by atoms with Gasteiger partial charge in [0, 0.05) is 29.5 Å². The van der Waals surface area contributed by atoms with Crippen molar-refractivity contribution in [3.63, 3.8) is 0 Å². The molecule has 0 spiro atoms. The van der Waals surface area contributed by atoms with Gasteiger partial charge in [0.15, 0.2) is 0 Å². The third-order valence-corrected chi connectivity index (χ3v) is 4.46. The minimum absolute atomic E-state index is 0.720. The minimum Gasteiger partial charge on any atom is -0.341 e. The summed E-state index contributed by atoms with van der Waals surface area (Å²) in [4.78, 5) is 8.50. The lowest BCUT2D eigenvalue weighted by Gasteiger charge is -2.08. The predicted octanol–water partition coefficient (Wildman–Crippen LogP) is 5.62. The fraction of sp³-hybridized carbons (Fsp3) is 0.111. The number of rotatable bonds is 4. The number of hydrogen-bond acceptors (Lipinski definition) is 2. The van der Waals surface area contributed by atoms with Crippen LogP contribution in [0.4, 0.5) is 5.69 Å². The lowest BCUT2D eigenvalue weighted by atomic mass is 10.1. The quantitative estimate of drug-likeness (QED) is 0.386. The fourth-order valence-electron chi connectivity index (χ4n) is 2.58. The van der Waals surface area contributed by atoms with Crippen LogP contribution in [0, 0.1) is 3.57 Å². The highest BCUT2D eigenvalue weighted by molar-refractivity contribution is 14.1. The second-order valence-corrected chi connectivity index (χ2v) is 7.02. The van der Waals surface area contributed by atoms with Gasteiger partial charge in [-0.05, 0) is 72.1 Å². The predicted molar refractivity (Wildman–Crippen MR) is 107 cm³/mol. The van der Waals surface area contributed by atoms with Crippen molar-refractivity contribution >= 4 is 63.7 Å². The summed E-state index contributed by atoms with van der Waals surface area (Å²) in [6.45, 7) is 6.24. The van der Waals surface area contributed by atoms with Crippen molar-refractivity contribution in [3.05, 3.63) is 62.5 Å². The van der Waals surface area contributed by atoms with Gasteiger partial charge in [0.2, 0.25) is 0 Å². The monoisotopic (exact) mass is 435 g/mol. The van der Waals surface area contributed by atoms with E-state index in [9.17, 15) is 0 Å². The molecule has 1 aromatic carbocycles. The summed E-state index contributed by atoms with van der Waals surface area (Å²) >= 11 is 8.34. The van der Waals surface area contributed by atoms with Crippen LogP contribution in [-0.2, 0) is 6.54 Å². The third-order valence-electron chi connectivity index (χ3n) is 3.56. The van der Waals surface area contributed by atoms with Gasteiger partial charge in [0.1, 0.15) is 5.52 Å². The Balaban J connectivity index is 2.02. The number of aromatic nitrogens is 2. The number of halogens is 2. The molecule has 0 atom stereocenters. The second-order valence-electron chi connectivity index (χ2n) is 5.26. The molecule has 0 N–H and O–H groups in total. The molecular weight excluding hydrogens is 421 g/mol. The van der Waals surface area contributed by atoms with E-state index in [2.05, 4.69) is 68.2 Å². The molecule has 0 aliphatic heterocycles. The molecule has 0 saturated heterocycles. The Labute approximate surface area is 153 Å². The molecule has 0 aliphatic rings. The van der Waals surface area contributed by atoms with Gasteiger partial charge in [-0.3, -0.25) is 9.98 Å². The lowest BCUT2D eigenvalue weighted by molar-refractivity contribution is 0.834. The van der Waals surface area contributed by atoms with Crippen LogP contribution in [0.3, 0.4) is 0 Å². The molecule has 0 unspecified atom stereocenters. The van der Waals surface area contributed by atoms with Gasteiger partial charge in [-0.1, -0.05) is 17.7 Å². The summed E-state index contributed by atoms with van der Waals surface area (Å²) in [6.07, 6.45) is 5.86. The van der Waals surface area contributed by atoms with Crippen molar-refractivity contribution in [3.8, 4) is 0 Å². The fourth-order valence-corrected chi connectivity index (χ4v) is 3.45. The van der Waals surface area contributed by atoms with Crippen LogP contribution < -0.4 is 0 Å². The molecule has 2 heterocycles. The van der Waals surface area contributed by atoms with E-state index in [1.54, 1.807) is 0 Å². The summed E-state index contributed by atoms with van der Waals surface area (Å²) in [6, 6.07) is 10.2. The van der Waals surface area contributed by atoms with Crippen molar-refractivity contribution in [1.82, 2.24) is 9.55 Å². The van der Waals surface area contributed by atoms with Crippen LogP contribution in [-0.4, -0.2) is 16.3 Å². The highest BCUT2D eigenvalue weighted by Gasteiger charge is 2.08. The Morgan fingerprint density at radius 2 is 2.26 bits per heavy atom. The second kappa shape index (κ2) is 6.84. The molecule has 0 saturated carbocycles. The molecule has 0 bridgehead atoms. The number of benzene rings is 1. The van der Waals surface area contributed by atoms with Crippen molar-refractivity contribution in [2.45, 2.75) is 13.5 Å². The molecular formula is C18H15ClIN3. The van der Waals surface area contributed by atoms with Crippen molar-refractivity contribution in [2.24, 2.45) is 4.99 Å². The van der Waals surface area contributed by atoms with E-state index in [1.807, 2.05) is 31.3 Å². The Morgan fingerprint density at radius 1 is 1.43 bits per heavy atom. The summed E-state index contributed by atoms with van der Waals surface area (Å²) < 4.78 is 3.36. The van der Waals surface area contributed by atoms with Gasteiger partial charge in [-0.15, -0.1) is 0 Å². The molecule has 0 amide bonds. The topological polar surface area (TPSA) is 30.2 Å². The van der Waals surface area contributed by atoms with Crippen LogP contribution >= 0.6 is 34.2 Å². The minimum atomic E-state index is 0.720. The number of aliphatic imine (C=N–C) groups is 1. The van der Waals surface area contributed by atoms with E-state index < -0.39 is 0 Å².